The molecule has 8 N–H and O–H groups in total. The maximum Gasteiger partial charge on any atom is 0.220 e. The normalized spacial score (nSPS) is 12.8. The highest BCUT2D eigenvalue weighted by molar-refractivity contribution is 5.77. The van der Waals surface area contributed by atoms with Crippen LogP contribution in [0.4, 0.5) is 0 Å². The highest BCUT2D eigenvalue weighted by atomic mass is 16.3. The molecule has 10 heteroatoms. The Hall–Kier alpha value is -2.72. The topological polar surface area (TPSA) is 185 Å². The number of amides is 4. The number of carbonyl (C=O) groups is 4. The number of nitrogens with one attached hydrogen (secondary N) is 2. The predicted molar refractivity (Wildman–Crippen MR) is 195 cm³/mol. The molecule has 4 amide bonds. The van der Waals surface area contributed by atoms with Gasteiger partial charge < -0.3 is 32.3 Å². The van der Waals surface area contributed by atoms with Gasteiger partial charge >= 0.3 is 0 Å². The summed E-state index contributed by atoms with van der Waals surface area (Å²) in [6.07, 6.45) is 30.3. The van der Waals surface area contributed by atoms with E-state index < -0.39 is 0 Å². The quantitative estimate of drug-likeness (QED) is 0.0344. The van der Waals surface area contributed by atoms with Gasteiger partial charge in [0.1, 0.15) is 0 Å². The molecular weight excluding hydrogens is 608 g/mol. The summed E-state index contributed by atoms with van der Waals surface area (Å²) in [7, 11) is 0. The van der Waals surface area contributed by atoms with E-state index in [1.165, 1.54) is 0 Å². The van der Waals surface area contributed by atoms with E-state index in [1.54, 1.807) is 0 Å². The van der Waals surface area contributed by atoms with Crippen molar-refractivity contribution in [3.8, 4) is 0 Å². The van der Waals surface area contributed by atoms with Crippen molar-refractivity contribution in [2.45, 2.75) is 179 Å². The molecule has 0 heterocycles. The maximum atomic E-state index is 12.0. The highest BCUT2D eigenvalue weighted by Gasteiger charge is 2.05. The zero-order valence-corrected chi connectivity index (χ0v) is 29.9. The van der Waals surface area contributed by atoms with Crippen LogP contribution in [-0.4, -0.2) is 59.1 Å². The van der Waals surface area contributed by atoms with Crippen LogP contribution < -0.4 is 22.1 Å². The molecule has 0 fully saturated rings. The Balaban J connectivity index is 3.46. The smallest absolute Gasteiger partial charge is 0.220 e. The number of rotatable bonds is 35. The van der Waals surface area contributed by atoms with Crippen molar-refractivity contribution < 1.29 is 29.4 Å². The molecule has 278 valence electrons. The Morgan fingerprint density at radius 1 is 0.458 bits per heavy atom. The van der Waals surface area contributed by atoms with Crippen LogP contribution in [0.15, 0.2) is 24.3 Å². The average molecular weight is 679 g/mol. The van der Waals surface area contributed by atoms with Crippen molar-refractivity contribution >= 4 is 23.6 Å². The standard InChI is InChI=1S/C38H70N4O6/c39-35(45)27-19-13-17-25-33(43)23-15-9-5-1-3-7-11-21-29-37(47)41-31-32-42-38(48)30-22-12-8-4-2-6-10-16-24-34(44)26-18-14-20-28-36(40)46/h9-10,15-16,33-34,43-44H,1-8,11-14,17-32H2,(H2,39,45)(H2,40,46)(H,41,47)(H,42,48)/b15-9-,16-10-/t33-,34-/m0/s1. The SMILES string of the molecule is NC(=O)CCCCC[C@@H](O)C/C=C\CCCCCCCC(=O)NCCNC(=O)CCCCCCC/C=C\C[C@H](O)CCCCCC(N)=O. The second kappa shape index (κ2) is 34.2. The summed E-state index contributed by atoms with van der Waals surface area (Å²) in [5.41, 5.74) is 10.2. The molecule has 0 unspecified atom stereocenters. The van der Waals surface area contributed by atoms with Crippen molar-refractivity contribution in [1.29, 1.82) is 0 Å². The molecule has 2 atom stereocenters. The number of carbonyl (C=O) groups excluding carboxylic acids is 4. The molecule has 0 radical (unpaired) electrons. The van der Waals surface area contributed by atoms with Gasteiger partial charge in [0.05, 0.1) is 12.2 Å². The summed E-state index contributed by atoms with van der Waals surface area (Å²) in [4.78, 5) is 45.5. The third kappa shape index (κ3) is 36.1. The van der Waals surface area contributed by atoms with Crippen LogP contribution >= 0.6 is 0 Å². The Labute approximate surface area is 291 Å². The molecule has 0 spiro atoms. The first-order valence-corrected chi connectivity index (χ1v) is 19.0. The molecule has 0 aliphatic carbocycles. The van der Waals surface area contributed by atoms with E-state index in [0.717, 1.165) is 128 Å². The zero-order valence-electron chi connectivity index (χ0n) is 29.9. The van der Waals surface area contributed by atoms with Crippen LogP contribution in [0.3, 0.4) is 0 Å². The van der Waals surface area contributed by atoms with Crippen LogP contribution in [0.5, 0.6) is 0 Å². The maximum absolute atomic E-state index is 12.0. The van der Waals surface area contributed by atoms with E-state index in [0.29, 0.717) is 51.6 Å². The van der Waals surface area contributed by atoms with E-state index in [9.17, 15) is 29.4 Å². The van der Waals surface area contributed by atoms with Gasteiger partial charge in [-0.1, -0.05) is 88.5 Å². The Morgan fingerprint density at radius 3 is 1.19 bits per heavy atom. The van der Waals surface area contributed by atoms with Gasteiger partial charge in [-0.05, 0) is 77.0 Å². The molecule has 0 aliphatic heterocycles. The highest BCUT2D eigenvalue weighted by Crippen LogP contribution is 2.12. The van der Waals surface area contributed by atoms with Gasteiger partial charge in [0.15, 0.2) is 0 Å². The lowest BCUT2D eigenvalue weighted by atomic mass is 10.1. The molecule has 0 saturated carbocycles. The van der Waals surface area contributed by atoms with Gasteiger partial charge in [-0.25, -0.2) is 0 Å². The minimum atomic E-state index is -0.318. The second-order valence-electron chi connectivity index (χ2n) is 13.2. The summed E-state index contributed by atoms with van der Waals surface area (Å²) < 4.78 is 0. The first-order valence-electron chi connectivity index (χ1n) is 19.0. The molecule has 0 rings (SSSR count). The lowest BCUT2D eigenvalue weighted by Gasteiger charge is -2.08. The number of nitrogens with two attached hydrogens (primary N) is 2. The van der Waals surface area contributed by atoms with Crippen molar-refractivity contribution in [2.75, 3.05) is 13.1 Å². The number of primary amides is 2. The molecule has 0 aromatic rings. The second-order valence-corrected chi connectivity index (χ2v) is 13.2. The number of hydrogen-bond donors (Lipinski definition) is 6. The number of aliphatic hydroxyl groups is 2. The lowest BCUT2D eigenvalue weighted by Crippen LogP contribution is -2.34. The third-order valence-corrected chi connectivity index (χ3v) is 8.39. The van der Waals surface area contributed by atoms with Crippen LogP contribution in [-0.2, 0) is 19.2 Å². The molecule has 0 aromatic carbocycles. The number of allylic oxidation sites excluding steroid dienone is 2. The van der Waals surface area contributed by atoms with E-state index in [2.05, 4.69) is 34.9 Å². The van der Waals surface area contributed by atoms with Gasteiger partial charge in [-0.3, -0.25) is 19.2 Å². The minimum Gasteiger partial charge on any atom is -0.393 e. The fraction of sp³-hybridized carbons (Fsp3) is 0.789. The monoisotopic (exact) mass is 679 g/mol. The Bertz CT molecular complexity index is 809. The average Bonchev–Trinajstić information content (AvgIpc) is 3.04. The van der Waals surface area contributed by atoms with Gasteiger partial charge in [0, 0.05) is 38.8 Å². The Morgan fingerprint density at radius 2 is 0.792 bits per heavy atom. The summed E-state index contributed by atoms with van der Waals surface area (Å²) in [6.45, 7) is 0.921. The fourth-order valence-electron chi connectivity index (χ4n) is 5.43. The summed E-state index contributed by atoms with van der Waals surface area (Å²) >= 11 is 0. The van der Waals surface area contributed by atoms with E-state index in [4.69, 9.17) is 11.5 Å². The zero-order chi connectivity index (χ0) is 35.5. The van der Waals surface area contributed by atoms with Crippen molar-refractivity contribution in [3.63, 3.8) is 0 Å². The van der Waals surface area contributed by atoms with Gasteiger partial charge in [-0.15, -0.1) is 0 Å². The summed E-state index contributed by atoms with van der Waals surface area (Å²) in [5, 5.41) is 25.8. The number of aliphatic hydroxyl groups excluding tert-OH is 2. The molecule has 0 saturated heterocycles. The fourth-order valence-corrected chi connectivity index (χ4v) is 5.43. The molecule has 48 heavy (non-hydrogen) atoms. The van der Waals surface area contributed by atoms with Gasteiger partial charge in [-0.2, -0.15) is 0 Å². The van der Waals surface area contributed by atoms with Crippen LogP contribution in [0.1, 0.15) is 167 Å². The predicted octanol–water partition coefficient (Wildman–Crippen LogP) is 6.17. The molecule has 0 aromatic heterocycles. The van der Waals surface area contributed by atoms with Crippen molar-refractivity contribution in [1.82, 2.24) is 10.6 Å². The van der Waals surface area contributed by atoms with Gasteiger partial charge in [0.25, 0.3) is 0 Å². The summed E-state index contributed by atoms with van der Waals surface area (Å²) in [5.74, 6) is -0.441. The molecule has 0 bridgehead atoms. The Kier molecular flexibility index (Phi) is 32.2. The molecule has 10 nitrogen and oxygen atoms in total. The van der Waals surface area contributed by atoms with Crippen LogP contribution in [0.25, 0.3) is 0 Å². The molecular formula is C38H70N4O6. The van der Waals surface area contributed by atoms with Gasteiger partial charge in [0.2, 0.25) is 23.6 Å². The first kappa shape index (κ1) is 45.3. The number of unbranched alkanes of at least 4 members (excludes halogenated alkanes) is 14. The van der Waals surface area contributed by atoms with Crippen LogP contribution in [0, 0.1) is 0 Å². The van der Waals surface area contributed by atoms with Crippen molar-refractivity contribution in [2.24, 2.45) is 11.5 Å². The van der Waals surface area contributed by atoms with Crippen LogP contribution in [0.2, 0.25) is 0 Å². The lowest BCUT2D eigenvalue weighted by molar-refractivity contribution is -0.123. The van der Waals surface area contributed by atoms with E-state index in [1.807, 2.05) is 0 Å². The minimum absolute atomic E-state index is 0.0401. The molecule has 0 aliphatic rings. The third-order valence-electron chi connectivity index (χ3n) is 8.39. The van der Waals surface area contributed by atoms with Crippen molar-refractivity contribution in [3.05, 3.63) is 24.3 Å². The van der Waals surface area contributed by atoms with E-state index in [-0.39, 0.29) is 35.8 Å². The summed E-state index contributed by atoms with van der Waals surface area (Å²) in [6, 6.07) is 0. The number of hydrogen-bond acceptors (Lipinski definition) is 6. The van der Waals surface area contributed by atoms with E-state index >= 15 is 0 Å². The first-order chi connectivity index (χ1) is 23.2. The largest absolute Gasteiger partial charge is 0.393 e.